The van der Waals surface area contributed by atoms with Crippen LogP contribution in [0.15, 0.2) is 42.9 Å². The van der Waals surface area contributed by atoms with Gasteiger partial charge in [-0.05, 0) is 32.9 Å². The van der Waals surface area contributed by atoms with Crippen molar-refractivity contribution in [3.05, 3.63) is 48.4 Å². The summed E-state index contributed by atoms with van der Waals surface area (Å²) in [5.74, 6) is 0.551. The number of aromatic nitrogens is 4. The minimum absolute atomic E-state index is 0.146. The minimum atomic E-state index is -0.635. The van der Waals surface area contributed by atoms with Crippen molar-refractivity contribution in [3.63, 3.8) is 0 Å². The summed E-state index contributed by atoms with van der Waals surface area (Å²) >= 11 is 0. The highest BCUT2D eigenvalue weighted by Crippen LogP contribution is 2.28. The number of benzene rings is 1. The Morgan fingerprint density at radius 1 is 1.18 bits per heavy atom. The molecule has 9 heteroatoms. The highest BCUT2D eigenvalue weighted by Gasteiger charge is 2.16. The fraction of sp³-hybridized carbons (Fsp3) is 0.263. The highest BCUT2D eigenvalue weighted by atomic mass is 16.5. The maximum absolute atomic E-state index is 11.8. The first-order chi connectivity index (χ1) is 13.3. The van der Waals surface area contributed by atoms with E-state index in [4.69, 9.17) is 10.5 Å². The number of hydrogen-bond donors (Lipinski definition) is 3. The van der Waals surface area contributed by atoms with Crippen LogP contribution in [0, 0.1) is 0 Å². The Kier molecular flexibility index (Phi) is 5.16. The van der Waals surface area contributed by atoms with Crippen LogP contribution in [0.3, 0.4) is 0 Å². The third-order valence-corrected chi connectivity index (χ3v) is 3.94. The molecular weight excluding hydrogens is 358 g/mol. The predicted octanol–water partition coefficient (Wildman–Crippen LogP) is 3.02. The SMILES string of the molecule is COc1ccccc1Nc1nc(Nc2cnn(C(C)(C)C)c2)ncc1C(N)=O. The number of rotatable bonds is 6. The van der Waals surface area contributed by atoms with Gasteiger partial charge < -0.3 is 21.1 Å². The van der Waals surface area contributed by atoms with Crippen molar-refractivity contribution in [1.82, 2.24) is 19.7 Å². The molecule has 0 radical (unpaired) electrons. The van der Waals surface area contributed by atoms with Crippen molar-refractivity contribution in [1.29, 1.82) is 0 Å². The van der Waals surface area contributed by atoms with E-state index in [0.29, 0.717) is 17.4 Å². The van der Waals surface area contributed by atoms with Crippen LogP contribution in [0.5, 0.6) is 5.75 Å². The van der Waals surface area contributed by atoms with E-state index in [1.807, 2.05) is 29.1 Å². The quantitative estimate of drug-likeness (QED) is 0.600. The summed E-state index contributed by atoms with van der Waals surface area (Å²) in [7, 11) is 1.56. The van der Waals surface area contributed by atoms with Crippen molar-refractivity contribution in [2.45, 2.75) is 26.3 Å². The zero-order valence-electron chi connectivity index (χ0n) is 16.2. The Morgan fingerprint density at radius 3 is 2.57 bits per heavy atom. The van der Waals surface area contributed by atoms with Crippen LogP contribution >= 0.6 is 0 Å². The van der Waals surface area contributed by atoms with Crippen LogP contribution in [0.25, 0.3) is 0 Å². The van der Waals surface area contributed by atoms with Gasteiger partial charge in [0.05, 0.1) is 30.2 Å². The van der Waals surface area contributed by atoms with Crippen LogP contribution in [-0.2, 0) is 5.54 Å². The monoisotopic (exact) mass is 381 g/mol. The van der Waals surface area contributed by atoms with E-state index in [1.54, 1.807) is 19.4 Å². The maximum atomic E-state index is 11.8. The lowest BCUT2D eigenvalue weighted by Gasteiger charge is -2.18. The number of nitrogens with two attached hydrogens (primary N) is 1. The van der Waals surface area contributed by atoms with Crippen molar-refractivity contribution in [2.75, 3.05) is 17.7 Å². The van der Waals surface area contributed by atoms with Crippen LogP contribution in [-0.4, -0.2) is 32.8 Å². The standard InChI is InChI=1S/C19H23N7O2/c1-19(2,3)26-11-12(9-22-26)23-18-21-10-13(16(20)27)17(25-18)24-14-7-5-6-8-15(14)28-4/h5-11H,1-4H3,(H2,20,27)(H2,21,23,24,25). The van der Waals surface area contributed by atoms with Crippen molar-refractivity contribution < 1.29 is 9.53 Å². The third-order valence-electron chi connectivity index (χ3n) is 3.94. The summed E-state index contributed by atoms with van der Waals surface area (Å²) in [4.78, 5) is 20.4. The normalized spacial score (nSPS) is 11.1. The van der Waals surface area contributed by atoms with Gasteiger partial charge in [0, 0.05) is 12.4 Å². The zero-order valence-corrected chi connectivity index (χ0v) is 16.2. The van der Waals surface area contributed by atoms with Crippen LogP contribution in [0.2, 0.25) is 0 Å². The second-order valence-electron chi connectivity index (χ2n) is 7.11. The molecule has 0 unspecified atom stereocenters. The van der Waals surface area contributed by atoms with Gasteiger partial charge in [-0.3, -0.25) is 9.48 Å². The Labute approximate surface area is 162 Å². The number of hydrogen-bond acceptors (Lipinski definition) is 7. The molecule has 4 N–H and O–H groups in total. The molecule has 3 aromatic rings. The average molecular weight is 381 g/mol. The van der Waals surface area contributed by atoms with Gasteiger partial charge in [-0.15, -0.1) is 0 Å². The molecule has 9 nitrogen and oxygen atoms in total. The summed E-state index contributed by atoms with van der Waals surface area (Å²) in [5.41, 5.74) is 6.87. The van der Waals surface area contributed by atoms with Crippen molar-refractivity contribution in [2.24, 2.45) is 5.73 Å². The number of para-hydroxylation sites is 2. The smallest absolute Gasteiger partial charge is 0.254 e. The lowest BCUT2D eigenvalue weighted by molar-refractivity contribution is 0.100. The van der Waals surface area contributed by atoms with E-state index >= 15 is 0 Å². The van der Waals surface area contributed by atoms with E-state index < -0.39 is 5.91 Å². The molecule has 2 aromatic heterocycles. The Balaban J connectivity index is 1.91. The first-order valence-corrected chi connectivity index (χ1v) is 8.67. The van der Waals surface area contributed by atoms with Gasteiger partial charge in [-0.2, -0.15) is 10.1 Å². The van der Waals surface area contributed by atoms with Gasteiger partial charge >= 0.3 is 0 Å². The van der Waals surface area contributed by atoms with Gasteiger partial charge in [0.2, 0.25) is 5.95 Å². The second kappa shape index (κ2) is 7.55. The van der Waals surface area contributed by atoms with Crippen molar-refractivity contribution >= 4 is 29.0 Å². The molecule has 0 spiro atoms. The summed E-state index contributed by atoms with van der Waals surface area (Å²) < 4.78 is 7.16. The fourth-order valence-electron chi connectivity index (χ4n) is 2.48. The van der Waals surface area contributed by atoms with E-state index in [9.17, 15) is 4.79 Å². The summed E-state index contributed by atoms with van der Waals surface area (Å²) in [6.07, 6.45) is 4.92. The number of anilines is 4. The lowest BCUT2D eigenvalue weighted by Crippen LogP contribution is -2.21. The van der Waals surface area contributed by atoms with Gasteiger partial charge in [0.1, 0.15) is 17.1 Å². The molecule has 0 fully saturated rings. The minimum Gasteiger partial charge on any atom is -0.495 e. The summed E-state index contributed by atoms with van der Waals surface area (Å²) in [6.45, 7) is 6.16. The number of carbonyl (C=O) groups is 1. The summed E-state index contributed by atoms with van der Waals surface area (Å²) in [6, 6.07) is 7.30. The summed E-state index contributed by atoms with van der Waals surface area (Å²) in [5, 5.41) is 10.5. The fourth-order valence-corrected chi connectivity index (χ4v) is 2.48. The first kappa shape index (κ1) is 19.2. The van der Waals surface area contributed by atoms with Crippen molar-refractivity contribution in [3.8, 4) is 5.75 Å². The number of nitrogens with zero attached hydrogens (tertiary/aromatic N) is 4. The lowest BCUT2D eigenvalue weighted by atomic mass is 10.1. The van der Waals surface area contributed by atoms with Crippen LogP contribution in [0.4, 0.5) is 23.1 Å². The molecule has 3 rings (SSSR count). The number of nitrogens with one attached hydrogen (secondary N) is 2. The topological polar surface area (TPSA) is 120 Å². The molecular formula is C19H23N7O2. The molecule has 0 saturated heterocycles. The molecule has 0 bridgehead atoms. The zero-order chi connectivity index (χ0) is 20.3. The second-order valence-corrected chi connectivity index (χ2v) is 7.11. The average Bonchev–Trinajstić information content (AvgIpc) is 3.11. The van der Waals surface area contributed by atoms with E-state index in [1.165, 1.54) is 6.20 Å². The van der Waals surface area contributed by atoms with Gasteiger partial charge in [0.15, 0.2) is 0 Å². The number of primary amides is 1. The predicted molar refractivity (Wildman–Crippen MR) is 107 cm³/mol. The third kappa shape index (κ3) is 4.20. The van der Waals surface area contributed by atoms with E-state index in [-0.39, 0.29) is 16.9 Å². The van der Waals surface area contributed by atoms with E-state index in [0.717, 1.165) is 5.69 Å². The molecule has 2 heterocycles. The highest BCUT2D eigenvalue weighted by molar-refractivity contribution is 5.98. The van der Waals surface area contributed by atoms with E-state index in [2.05, 4.69) is 46.5 Å². The van der Waals surface area contributed by atoms with Crippen LogP contribution < -0.4 is 21.1 Å². The molecule has 1 aromatic carbocycles. The molecule has 0 aliphatic carbocycles. The van der Waals surface area contributed by atoms with Crippen LogP contribution in [0.1, 0.15) is 31.1 Å². The number of methoxy groups -OCH3 is 1. The largest absolute Gasteiger partial charge is 0.495 e. The Hall–Kier alpha value is -3.62. The Bertz CT molecular complexity index is 992. The van der Waals surface area contributed by atoms with Gasteiger partial charge in [-0.25, -0.2) is 4.98 Å². The molecule has 28 heavy (non-hydrogen) atoms. The Morgan fingerprint density at radius 2 is 1.93 bits per heavy atom. The first-order valence-electron chi connectivity index (χ1n) is 8.67. The molecule has 1 amide bonds. The molecule has 0 saturated carbocycles. The molecule has 0 aliphatic rings. The van der Waals surface area contributed by atoms with Gasteiger partial charge in [0.25, 0.3) is 5.91 Å². The number of carbonyl (C=O) groups excluding carboxylic acids is 1. The molecule has 0 atom stereocenters. The number of ether oxygens (including phenoxy) is 1. The number of amides is 1. The molecule has 146 valence electrons. The maximum Gasteiger partial charge on any atom is 0.254 e. The molecule has 0 aliphatic heterocycles. The van der Waals surface area contributed by atoms with Gasteiger partial charge in [-0.1, -0.05) is 12.1 Å².